The van der Waals surface area contributed by atoms with E-state index in [9.17, 15) is 0 Å². The van der Waals surface area contributed by atoms with Gasteiger partial charge >= 0.3 is 0 Å². The molecule has 1 heterocycles. The van der Waals surface area contributed by atoms with E-state index in [1.54, 1.807) is 0 Å². The van der Waals surface area contributed by atoms with Gasteiger partial charge in [0.05, 0.1) is 0 Å². The molecule has 90 valence electrons. The van der Waals surface area contributed by atoms with Crippen LogP contribution >= 0.6 is 0 Å². The average molecular weight is 214 g/mol. The van der Waals surface area contributed by atoms with Crippen molar-refractivity contribution in [1.82, 2.24) is 9.80 Å². The van der Waals surface area contributed by atoms with E-state index in [4.69, 9.17) is 5.11 Å². The number of hydrogen-bond donors (Lipinski definition) is 1. The molecule has 0 spiro atoms. The summed E-state index contributed by atoms with van der Waals surface area (Å²) in [5, 5.41) is 9.00. The van der Waals surface area contributed by atoms with Gasteiger partial charge < -0.3 is 14.9 Å². The molecule has 1 aliphatic rings. The molecule has 0 amide bonds. The summed E-state index contributed by atoms with van der Waals surface area (Å²) in [5.74, 6) is 1.30. The zero-order chi connectivity index (χ0) is 11.3. The van der Waals surface area contributed by atoms with E-state index >= 15 is 0 Å². The molecule has 0 saturated carbocycles. The second-order valence-corrected chi connectivity index (χ2v) is 5.29. The highest BCUT2D eigenvalue weighted by atomic mass is 16.3. The number of rotatable bonds is 5. The van der Waals surface area contributed by atoms with Crippen LogP contribution in [-0.4, -0.2) is 61.8 Å². The van der Waals surface area contributed by atoms with Gasteiger partial charge in [-0.2, -0.15) is 0 Å². The summed E-state index contributed by atoms with van der Waals surface area (Å²) in [4.78, 5) is 4.78. The molecule has 0 radical (unpaired) electrons. The maximum absolute atomic E-state index is 9.00. The van der Waals surface area contributed by atoms with Crippen LogP contribution in [0.5, 0.6) is 0 Å². The fourth-order valence-corrected chi connectivity index (χ4v) is 2.37. The monoisotopic (exact) mass is 214 g/mol. The van der Waals surface area contributed by atoms with Crippen LogP contribution in [0.25, 0.3) is 0 Å². The minimum absolute atomic E-state index is 0.317. The molecule has 15 heavy (non-hydrogen) atoms. The van der Waals surface area contributed by atoms with Crippen LogP contribution in [0, 0.1) is 11.8 Å². The average Bonchev–Trinajstić information content (AvgIpc) is 2.20. The van der Waals surface area contributed by atoms with Crippen molar-refractivity contribution in [3.63, 3.8) is 0 Å². The van der Waals surface area contributed by atoms with Crippen molar-refractivity contribution in [2.45, 2.75) is 19.8 Å². The van der Waals surface area contributed by atoms with Gasteiger partial charge in [0.2, 0.25) is 0 Å². The summed E-state index contributed by atoms with van der Waals surface area (Å²) in [6.07, 6.45) is 2.63. The van der Waals surface area contributed by atoms with Crippen molar-refractivity contribution in [2.24, 2.45) is 11.8 Å². The van der Waals surface area contributed by atoms with E-state index in [0.717, 1.165) is 12.5 Å². The van der Waals surface area contributed by atoms with Gasteiger partial charge in [-0.15, -0.1) is 0 Å². The summed E-state index contributed by atoms with van der Waals surface area (Å²) in [5.41, 5.74) is 0. The molecule has 0 aromatic carbocycles. The number of aliphatic hydroxyl groups is 1. The SMILES string of the molecule is CC(CO)CN1CCC(CN(C)C)CC1. The predicted molar refractivity (Wildman–Crippen MR) is 64.0 cm³/mol. The minimum atomic E-state index is 0.317. The second kappa shape index (κ2) is 6.46. The van der Waals surface area contributed by atoms with Crippen molar-refractivity contribution >= 4 is 0 Å². The van der Waals surface area contributed by atoms with Crippen LogP contribution in [0.4, 0.5) is 0 Å². The molecule has 1 rings (SSSR count). The van der Waals surface area contributed by atoms with Gasteiger partial charge in [-0.3, -0.25) is 0 Å². The molecule has 1 N–H and O–H groups in total. The topological polar surface area (TPSA) is 26.7 Å². The first kappa shape index (κ1) is 12.9. The van der Waals surface area contributed by atoms with Crippen molar-refractivity contribution in [3.8, 4) is 0 Å². The van der Waals surface area contributed by atoms with E-state index < -0.39 is 0 Å². The molecule has 0 bridgehead atoms. The molecule has 1 atom stereocenters. The first-order valence-corrected chi connectivity index (χ1v) is 6.09. The number of nitrogens with zero attached hydrogens (tertiary/aromatic N) is 2. The molecule has 0 aromatic heterocycles. The minimum Gasteiger partial charge on any atom is -0.396 e. The molecule has 0 aromatic rings. The standard InChI is InChI=1S/C12H26N2O/c1-11(10-15)8-14-6-4-12(5-7-14)9-13(2)3/h11-12,15H,4-10H2,1-3H3. The van der Waals surface area contributed by atoms with E-state index in [1.165, 1.54) is 32.5 Å². The molecule has 3 heteroatoms. The zero-order valence-electron chi connectivity index (χ0n) is 10.4. The fourth-order valence-electron chi connectivity index (χ4n) is 2.37. The van der Waals surface area contributed by atoms with E-state index in [0.29, 0.717) is 12.5 Å². The third kappa shape index (κ3) is 4.96. The summed E-state index contributed by atoms with van der Waals surface area (Å²) in [6, 6.07) is 0. The quantitative estimate of drug-likeness (QED) is 0.736. The third-order valence-corrected chi connectivity index (χ3v) is 3.21. The molecular weight excluding hydrogens is 188 g/mol. The Balaban J connectivity index is 2.18. The molecule has 0 aliphatic carbocycles. The molecule has 1 unspecified atom stereocenters. The van der Waals surface area contributed by atoms with E-state index in [1.807, 2.05) is 0 Å². The lowest BCUT2D eigenvalue weighted by atomic mass is 9.96. The largest absolute Gasteiger partial charge is 0.396 e. The molecule has 1 saturated heterocycles. The van der Waals surface area contributed by atoms with Crippen LogP contribution in [0.2, 0.25) is 0 Å². The Kier molecular flexibility index (Phi) is 5.58. The highest BCUT2D eigenvalue weighted by Crippen LogP contribution is 2.18. The molecule has 3 nitrogen and oxygen atoms in total. The first-order valence-electron chi connectivity index (χ1n) is 6.09. The van der Waals surface area contributed by atoms with Gasteiger partial charge in [-0.1, -0.05) is 6.92 Å². The zero-order valence-corrected chi connectivity index (χ0v) is 10.4. The Bertz CT molecular complexity index is 165. The summed E-state index contributed by atoms with van der Waals surface area (Å²) < 4.78 is 0. The lowest BCUT2D eigenvalue weighted by molar-refractivity contribution is 0.125. The van der Waals surface area contributed by atoms with Gasteiger partial charge in [-0.25, -0.2) is 0 Å². The van der Waals surface area contributed by atoms with Gasteiger partial charge in [0.1, 0.15) is 0 Å². The Hall–Kier alpha value is -0.120. The van der Waals surface area contributed by atoms with Gasteiger partial charge in [-0.05, 0) is 51.9 Å². The fraction of sp³-hybridized carbons (Fsp3) is 1.00. The molecule has 1 fully saturated rings. The Labute approximate surface area is 94.1 Å². The Morgan fingerprint density at radius 2 is 1.93 bits per heavy atom. The van der Waals surface area contributed by atoms with Crippen molar-refractivity contribution < 1.29 is 5.11 Å². The Morgan fingerprint density at radius 3 is 2.40 bits per heavy atom. The highest BCUT2D eigenvalue weighted by Gasteiger charge is 2.20. The van der Waals surface area contributed by atoms with E-state index in [2.05, 4.69) is 30.8 Å². The summed E-state index contributed by atoms with van der Waals surface area (Å²) >= 11 is 0. The van der Waals surface area contributed by atoms with Crippen LogP contribution in [0.3, 0.4) is 0 Å². The normalized spacial score (nSPS) is 22.2. The Morgan fingerprint density at radius 1 is 1.33 bits per heavy atom. The van der Waals surface area contributed by atoms with Crippen LogP contribution in [-0.2, 0) is 0 Å². The van der Waals surface area contributed by atoms with Crippen molar-refractivity contribution in [2.75, 3.05) is 46.9 Å². The molecule has 1 aliphatic heterocycles. The number of piperidine rings is 1. The smallest absolute Gasteiger partial charge is 0.0468 e. The van der Waals surface area contributed by atoms with Gasteiger partial charge in [0.25, 0.3) is 0 Å². The summed E-state index contributed by atoms with van der Waals surface area (Å²) in [7, 11) is 4.31. The lowest BCUT2D eigenvalue weighted by Gasteiger charge is -2.34. The number of hydrogen-bond acceptors (Lipinski definition) is 3. The third-order valence-electron chi connectivity index (χ3n) is 3.21. The van der Waals surface area contributed by atoms with Crippen LogP contribution < -0.4 is 0 Å². The summed E-state index contributed by atoms with van der Waals surface area (Å²) in [6.45, 7) is 7.14. The molecular formula is C12H26N2O. The van der Waals surface area contributed by atoms with E-state index in [-0.39, 0.29) is 0 Å². The highest BCUT2D eigenvalue weighted by molar-refractivity contribution is 4.74. The van der Waals surface area contributed by atoms with Crippen LogP contribution in [0.15, 0.2) is 0 Å². The van der Waals surface area contributed by atoms with Gasteiger partial charge in [0, 0.05) is 19.7 Å². The van der Waals surface area contributed by atoms with Crippen molar-refractivity contribution in [1.29, 1.82) is 0 Å². The number of aliphatic hydroxyl groups excluding tert-OH is 1. The second-order valence-electron chi connectivity index (χ2n) is 5.29. The maximum Gasteiger partial charge on any atom is 0.0468 e. The van der Waals surface area contributed by atoms with Crippen LogP contribution in [0.1, 0.15) is 19.8 Å². The first-order chi connectivity index (χ1) is 7.11. The lowest BCUT2D eigenvalue weighted by Crippen LogP contribution is -2.39. The number of likely N-dealkylation sites (tertiary alicyclic amines) is 1. The van der Waals surface area contributed by atoms with Crippen molar-refractivity contribution in [3.05, 3.63) is 0 Å². The maximum atomic E-state index is 9.00. The predicted octanol–water partition coefficient (Wildman–Crippen LogP) is 0.888. The van der Waals surface area contributed by atoms with Gasteiger partial charge in [0.15, 0.2) is 0 Å².